The zero-order valence-corrected chi connectivity index (χ0v) is 9.78. The Kier molecular flexibility index (Phi) is 2.59. The van der Waals surface area contributed by atoms with Gasteiger partial charge in [0.25, 0.3) is 0 Å². The molecule has 2 aromatic rings. The average molecular weight is 219 g/mol. The lowest BCUT2D eigenvalue weighted by Gasteiger charge is -2.27. The van der Waals surface area contributed by atoms with E-state index in [0.29, 0.717) is 0 Å². The van der Waals surface area contributed by atoms with Gasteiger partial charge in [0.15, 0.2) is 0 Å². The van der Waals surface area contributed by atoms with Crippen molar-refractivity contribution in [1.82, 2.24) is 10.2 Å². The number of nitrogens with zero attached hydrogens (tertiary/aromatic N) is 1. The minimum atomic E-state index is -0.762. The molecule has 3 N–H and O–H groups in total. The number of fused-ring (bicyclic) bond motifs is 1. The molecule has 1 aromatic heterocycles. The Hall–Kier alpha value is -1.55. The lowest BCUT2D eigenvalue weighted by Crippen LogP contribution is -2.39. The Morgan fingerprint density at radius 2 is 2.19 bits per heavy atom. The topological polar surface area (TPSA) is 60.9 Å². The summed E-state index contributed by atoms with van der Waals surface area (Å²) in [4.78, 5) is 0. The molecule has 0 radical (unpaired) electrons. The number of para-hydroxylation sites is 1. The van der Waals surface area contributed by atoms with Crippen LogP contribution in [0, 0.1) is 0 Å². The second kappa shape index (κ2) is 3.79. The maximum Gasteiger partial charge on any atom is 0.0881 e. The fraction of sp³-hybridized carbons (Fsp3) is 0.417. The molecule has 16 heavy (non-hydrogen) atoms. The first-order chi connectivity index (χ1) is 7.48. The van der Waals surface area contributed by atoms with E-state index in [9.17, 15) is 5.11 Å². The fourth-order valence-corrected chi connectivity index (χ4v) is 1.50. The van der Waals surface area contributed by atoms with E-state index in [0.717, 1.165) is 16.6 Å². The maximum atomic E-state index is 9.88. The van der Waals surface area contributed by atoms with Crippen LogP contribution in [0.15, 0.2) is 24.4 Å². The third kappa shape index (κ3) is 2.02. The average Bonchev–Trinajstić information content (AvgIpc) is 2.65. The number of aliphatic hydroxyl groups is 1. The first-order valence-electron chi connectivity index (χ1n) is 5.39. The van der Waals surface area contributed by atoms with Crippen LogP contribution in [0.4, 0.5) is 5.69 Å². The number of H-pyrrole nitrogens is 1. The number of nitrogens with one attached hydrogen (secondary N) is 2. The summed E-state index contributed by atoms with van der Waals surface area (Å²) in [7, 11) is 0. The zero-order chi connectivity index (χ0) is 11.8. The summed E-state index contributed by atoms with van der Waals surface area (Å²) in [5.41, 5.74) is 1.17. The van der Waals surface area contributed by atoms with Crippen LogP contribution in [-0.2, 0) is 0 Å². The van der Waals surface area contributed by atoms with E-state index in [4.69, 9.17) is 0 Å². The number of anilines is 1. The number of aromatic nitrogens is 2. The van der Waals surface area contributed by atoms with Crippen molar-refractivity contribution in [1.29, 1.82) is 0 Å². The predicted octanol–water partition coefficient (Wildman–Crippen LogP) is 2.13. The third-order valence-electron chi connectivity index (χ3n) is 2.91. The number of rotatable bonds is 3. The van der Waals surface area contributed by atoms with E-state index in [1.54, 1.807) is 20.0 Å². The van der Waals surface area contributed by atoms with Crippen molar-refractivity contribution in [3.8, 4) is 0 Å². The van der Waals surface area contributed by atoms with Crippen molar-refractivity contribution in [2.75, 3.05) is 5.32 Å². The zero-order valence-electron chi connectivity index (χ0n) is 9.78. The number of hydrogen-bond acceptors (Lipinski definition) is 3. The van der Waals surface area contributed by atoms with E-state index in [1.807, 2.05) is 25.1 Å². The normalized spacial score (nSPS) is 14.0. The molecular weight excluding hydrogens is 202 g/mol. The summed E-state index contributed by atoms with van der Waals surface area (Å²) >= 11 is 0. The number of hydrogen-bond donors (Lipinski definition) is 3. The lowest BCUT2D eigenvalue weighted by molar-refractivity contribution is 0.0649. The molecule has 4 nitrogen and oxygen atoms in total. The second-order valence-electron chi connectivity index (χ2n) is 4.66. The van der Waals surface area contributed by atoms with E-state index < -0.39 is 5.60 Å². The standard InChI is InChI=1S/C12H17N3O/c1-8(12(2,3)16)14-10-6-4-5-9-7-13-15-11(9)10/h4-8,14,16H,1-3H3,(H,13,15). The van der Waals surface area contributed by atoms with E-state index in [2.05, 4.69) is 15.5 Å². The molecule has 0 saturated heterocycles. The van der Waals surface area contributed by atoms with Gasteiger partial charge in [0.2, 0.25) is 0 Å². The highest BCUT2D eigenvalue weighted by molar-refractivity contribution is 5.90. The predicted molar refractivity (Wildman–Crippen MR) is 65.5 cm³/mol. The molecule has 0 aliphatic carbocycles. The van der Waals surface area contributed by atoms with Crippen LogP contribution < -0.4 is 5.32 Å². The van der Waals surface area contributed by atoms with Gasteiger partial charge in [0.05, 0.1) is 29.0 Å². The minimum Gasteiger partial charge on any atom is -0.388 e. The highest BCUT2D eigenvalue weighted by Gasteiger charge is 2.22. The second-order valence-corrected chi connectivity index (χ2v) is 4.66. The Balaban J connectivity index is 2.31. The van der Waals surface area contributed by atoms with Crippen LogP contribution in [-0.4, -0.2) is 26.9 Å². The van der Waals surface area contributed by atoms with E-state index in [1.165, 1.54) is 0 Å². The van der Waals surface area contributed by atoms with Gasteiger partial charge in [0, 0.05) is 5.39 Å². The molecule has 0 amide bonds. The van der Waals surface area contributed by atoms with Crippen LogP contribution in [0.2, 0.25) is 0 Å². The van der Waals surface area contributed by atoms with E-state index >= 15 is 0 Å². The van der Waals surface area contributed by atoms with Crippen LogP contribution in [0.5, 0.6) is 0 Å². The Morgan fingerprint density at radius 3 is 2.88 bits per heavy atom. The maximum absolute atomic E-state index is 9.88. The van der Waals surface area contributed by atoms with Gasteiger partial charge in [-0.3, -0.25) is 5.10 Å². The first kappa shape index (κ1) is 11.0. The molecule has 0 aliphatic rings. The number of aromatic amines is 1. The molecule has 0 aliphatic heterocycles. The van der Waals surface area contributed by atoms with Crippen LogP contribution in [0.1, 0.15) is 20.8 Å². The SMILES string of the molecule is CC(Nc1cccc2cn[nH]c12)C(C)(C)O. The monoisotopic (exact) mass is 219 g/mol. The summed E-state index contributed by atoms with van der Waals surface area (Å²) in [6.45, 7) is 5.53. The highest BCUT2D eigenvalue weighted by atomic mass is 16.3. The van der Waals surface area contributed by atoms with E-state index in [-0.39, 0.29) is 6.04 Å². The summed E-state index contributed by atoms with van der Waals surface area (Å²) in [6, 6.07) is 5.90. The molecule has 0 spiro atoms. The molecule has 0 saturated carbocycles. The van der Waals surface area contributed by atoms with Crippen molar-refractivity contribution < 1.29 is 5.11 Å². The fourth-order valence-electron chi connectivity index (χ4n) is 1.50. The Morgan fingerprint density at radius 1 is 1.44 bits per heavy atom. The van der Waals surface area contributed by atoms with Crippen LogP contribution in [0.3, 0.4) is 0 Å². The minimum absolute atomic E-state index is 0.0404. The van der Waals surface area contributed by atoms with Crippen molar-refractivity contribution in [3.05, 3.63) is 24.4 Å². The Labute approximate surface area is 94.7 Å². The van der Waals surface area contributed by atoms with Gasteiger partial charge in [-0.1, -0.05) is 12.1 Å². The summed E-state index contributed by atoms with van der Waals surface area (Å²) in [5.74, 6) is 0. The molecule has 0 bridgehead atoms. The van der Waals surface area contributed by atoms with Gasteiger partial charge in [-0.25, -0.2) is 0 Å². The summed E-state index contributed by atoms with van der Waals surface area (Å²) in [6.07, 6.45) is 1.79. The summed E-state index contributed by atoms with van der Waals surface area (Å²) < 4.78 is 0. The molecule has 0 fully saturated rings. The van der Waals surface area contributed by atoms with Gasteiger partial charge in [-0.2, -0.15) is 5.10 Å². The largest absolute Gasteiger partial charge is 0.388 e. The summed E-state index contributed by atoms with van der Waals surface area (Å²) in [5, 5.41) is 21.2. The van der Waals surface area contributed by atoms with Crippen LogP contribution >= 0.6 is 0 Å². The van der Waals surface area contributed by atoms with Crippen molar-refractivity contribution in [3.63, 3.8) is 0 Å². The molecule has 1 atom stereocenters. The van der Waals surface area contributed by atoms with Gasteiger partial charge in [-0.15, -0.1) is 0 Å². The van der Waals surface area contributed by atoms with Gasteiger partial charge >= 0.3 is 0 Å². The lowest BCUT2D eigenvalue weighted by atomic mass is 10.0. The van der Waals surface area contributed by atoms with Gasteiger partial charge in [-0.05, 0) is 26.8 Å². The molecule has 4 heteroatoms. The highest BCUT2D eigenvalue weighted by Crippen LogP contribution is 2.23. The smallest absolute Gasteiger partial charge is 0.0881 e. The molecule has 2 rings (SSSR count). The van der Waals surface area contributed by atoms with Gasteiger partial charge < -0.3 is 10.4 Å². The van der Waals surface area contributed by atoms with Crippen molar-refractivity contribution in [2.45, 2.75) is 32.4 Å². The molecule has 86 valence electrons. The third-order valence-corrected chi connectivity index (χ3v) is 2.91. The van der Waals surface area contributed by atoms with Crippen LogP contribution in [0.25, 0.3) is 10.9 Å². The first-order valence-corrected chi connectivity index (χ1v) is 5.39. The van der Waals surface area contributed by atoms with Gasteiger partial charge in [0.1, 0.15) is 0 Å². The molecule has 1 heterocycles. The van der Waals surface area contributed by atoms with Crippen molar-refractivity contribution in [2.24, 2.45) is 0 Å². The molecule has 1 aromatic carbocycles. The molecule has 1 unspecified atom stereocenters. The van der Waals surface area contributed by atoms with Crippen molar-refractivity contribution >= 4 is 16.6 Å². The molecular formula is C12H17N3O. The number of benzene rings is 1. The Bertz CT molecular complexity index is 484. The quantitative estimate of drug-likeness (QED) is 0.741.